The molecule has 0 aliphatic carbocycles. The lowest BCUT2D eigenvalue weighted by Gasteiger charge is -2.23. The molecule has 1 fully saturated rings. The van der Waals surface area contributed by atoms with Crippen LogP contribution in [0.1, 0.15) is 31.2 Å². The smallest absolute Gasteiger partial charge is 0.233 e. The molecular formula is C13H21N3O2S. The molecule has 0 spiro atoms. The maximum Gasteiger partial charge on any atom is 0.233 e. The molecule has 0 radical (unpaired) electrons. The van der Waals surface area contributed by atoms with Crippen molar-refractivity contribution in [1.82, 2.24) is 10.3 Å². The molecule has 2 rings (SSSR count). The van der Waals surface area contributed by atoms with E-state index in [0.29, 0.717) is 18.3 Å². The van der Waals surface area contributed by atoms with Gasteiger partial charge in [0.1, 0.15) is 5.82 Å². The van der Waals surface area contributed by atoms with Crippen LogP contribution in [0.4, 0.5) is 5.82 Å². The molecule has 1 unspecified atom stereocenters. The third kappa shape index (κ3) is 4.80. The number of aromatic nitrogens is 1. The zero-order valence-corrected chi connectivity index (χ0v) is 12.0. The van der Waals surface area contributed by atoms with Gasteiger partial charge < -0.3 is 5.32 Å². The summed E-state index contributed by atoms with van der Waals surface area (Å²) >= 11 is 0. The first-order valence-corrected chi connectivity index (χ1v) is 8.37. The van der Waals surface area contributed by atoms with E-state index in [1.165, 1.54) is 12.8 Å². The number of nitrogens with zero attached hydrogens (tertiary/aromatic N) is 1. The maximum absolute atomic E-state index is 12.0. The number of piperidine rings is 1. The summed E-state index contributed by atoms with van der Waals surface area (Å²) in [4.78, 5) is 4.01. The van der Waals surface area contributed by atoms with Gasteiger partial charge in [-0.15, -0.1) is 0 Å². The summed E-state index contributed by atoms with van der Waals surface area (Å²) < 4.78 is 26.5. The number of hydrogen-bond acceptors (Lipinski definition) is 4. The van der Waals surface area contributed by atoms with Crippen LogP contribution in [0.25, 0.3) is 0 Å². The van der Waals surface area contributed by atoms with Gasteiger partial charge in [-0.05, 0) is 50.4 Å². The fraction of sp³-hybridized carbons (Fsp3) is 0.615. The van der Waals surface area contributed by atoms with Crippen molar-refractivity contribution in [2.45, 2.75) is 38.6 Å². The minimum atomic E-state index is -3.30. The molecule has 0 aromatic carbocycles. The Morgan fingerprint density at radius 1 is 1.47 bits per heavy atom. The molecule has 0 bridgehead atoms. The van der Waals surface area contributed by atoms with Gasteiger partial charge in [0.15, 0.2) is 0 Å². The molecular weight excluding hydrogens is 262 g/mol. The highest BCUT2D eigenvalue weighted by molar-refractivity contribution is 7.92. The van der Waals surface area contributed by atoms with Crippen LogP contribution in [0.5, 0.6) is 0 Å². The Hall–Kier alpha value is -1.14. The normalized spacial score (nSPS) is 20.2. The Morgan fingerprint density at radius 3 is 3.00 bits per heavy atom. The van der Waals surface area contributed by atoms with Crippen molar-refractivity contribution < 1.29 is 8.42 Å². The van der Waals surface area contributed by atoms with Gasteiger partial charge in [-0.25, -0.2) is 13.4 Å². The first-order chi connectivity index (χ1) is 9.05. The van der Waals surface area contributed by atoms with Gasteiger partial charge in [0.25, 0.3) is 0 Å². The third-order valence-electron chi connectivity index (χ3n) is 3.32. The number of rotatable bonds is 5. The maximum atomic E-state index is 12.0. The molecule has 2 heterocycles. The molecule has 1 atom stereocenters. The highest BCUT2D eigenvalue weighted by Gasteiger charge is 2.17. The summed E-state index contributed by atoms with van der Waals surface area (Å²) in [7, 11) is -3.30. The number of nitrogens with one attached hydrogen (secondary N) is 2. The van der Waals surface area contributed by atoms with Crippen molar-refractivity contribution in [2.24, 2.45) is 0 Å². The van der Waals surface area contributed by atoms with E-state index in [4.69, 9.17) is 0 Å². The van der Waals surface area contributed by atoms with Gasteiger partial charge in [0.2, 0.25) is 10.0 Å². The van der Waals surface area contributed by atoms with Crippen LogP contribution in [0.2, 0.25) is 0 Å². The summed E-state index contributed by atoms with van der Waals surface area (Å²) in [6.45, 7) is 2.91. The van der Waals surface area contributed by atoms with E-state index >= 15 is 0 Å². The van der Waals surface area contributed by atoms with Crippen molar-refractivity contribution >= 4 is 15.8 Å². The first-order valence-electron chi connectivity index (χ1n) is 6.72. The van der Waals surface area contributed by atoms with Crippen molar-refractivity contribution in [1.29, 1.82) is 0 Å². The van der Waals surface area contributed by atoms with E-state index in [-0.39, 0.29) is 5.75 Å². The molecule has 19 heavy (non-hydrogen) atoms. The van der Waals surface area contributed by atoms with Crippen molar-refractivity contribution in [3.63, 3.8) is 0 Å². The number of anilines is 1. The Morgan fingerprint density at radius 2 is 2.32 bits per heavy atom. The molecule has 1 aromatic rings. The second-order valence-corrected chi connectivity index (χ2v) is 6.92. The molecule has 6 heteroatoms. The first kappa shape index (κ1) is 14.3. The zero-order chi connectivity index (χ0) is 13.7. The lowest BCUT2D eigenvalue weighted by atomic mass is 10.0. The minimum Gasteiger partial charge on any atom is -0.314 e. The van der Waals surface area contributed by atoms with E-state index in [1.54, 1.807) is 12.3 Å². The predicted molar refractivity (Wildman–Crippen MR) is 76.6 cm³/mol. The van der Waals surface area contributed by atoms with Crippen LogP contribution >= 0.6 is 0 Å². The summed E-state index contributed by atoms with van der Waals surface area (Å²) in [5.74, 6) is 0.539. The van der Waals surface area contributed by atoms with Gasteiger partial charge in [0.05, 0.1) is 5.75 Å². The van der Waals surface area contributed by atoms with E-state index in [1.807, 2.05) is 13.0 Å². The highest BCUT2D eigenvalue weighted by atomic mass is 32.2. The van der Waals surface area contributed by atoms with Crippen LogP contribution in [-0.4, -0.2) is 31.7 Å². The molecule has 1 aromatic heterocycles. The summed E-state index contributed by atoms with van der Waals surface area (Å²) in [5, 5.41) is 3.36. The van der Waals surface area contributed by atoms with E-state index in [0.717, 1.165) is 18.5 Å². The highest BCUT2D eigenvalue weighted by Crippen LogP contribution is 2.13. The topological polar surface area (TPSA) is 71.1 Å². The van der Waals surface area contributed by atoms with Crippen LogP contribution in [0.3, 0.4) is 0 Å². The van der Waals surface area contributed by atoms with Crippen LogP contribution in [0, 0.1) is 6.92 Å². The number of pyridine rings is 1. The Bertz CT molecular complexity index is 510. The van der Waals surface area contributed by atoms with Crippen molar-refractivity contribution in [3.05, 3.63) is 23.9 Å². The Labute approximate surface area is 114 Å². The van der Waals surface area contributed by atoms with Gasteiger partial charge >= 0.3 is 0 Å². The minimum absolute atomic E-state index is 0.139. The monoisotopic (exact) mass is 283 g/mol. The van der Waals surface area contributed by atoms with Gasteiger partial charge in [-0.1, -0.05) is 6.42 Å². The number of aryl methyl sites for hydroxylation is 1. The average Bonchev–Trinajstić information content (AvgIpc) is 2.37. The van der Waals surface area contributed by atoms with Crippen molar-refractivity contribution in [3.8, 4) is 0 Å². The third-order valence-corrected chi connectivity index (χ3v) is 4.62. The molecule has 106 valence electrons. The average molecular weight is 283 g/mol. The lowest BCUT2D eigenvalue weighted by molar-refractivity contribution is 0.393. The van der Waals surface area contributed by atoms with E-state index in [9.17, 15) is 8.42 Å². The van der Waals surface area contributed by atoms with E-state index in [2.05, 4.69) is 15.0 Å². The van der Waals surface area contributed by atoms with Gasteiger partial charge in [-0.3, -0.25) is 4.72 Å². The van der Waals surface area contributed by atoms with Crippen molar-refractivity contribution in [2.75, 3.05) is 17.0 Å². The molecule has 1 aliphatic heterocycles. The Kier molecular flexibility index (Phi) is 4.76. The summed E-state index contributed by atoms with van der Waals surface area (Å²) in [5.41, 5.74) is 0.988. The van der Waals surface area contributed by atoms with Crippen LogP contribution in [0.15, 0.2) is 18.3 Å². The molecule has 1 aliphatic rings. The molecule has 1 saturated heterocycles. The number of hydrogen-bond donors (Lipinski definition) is 2. The SMILES string of the molecule is Cc1ccnc(NS(=O)(=O)CCC2CCCCN2)c1. The molecule has 0 amide bonds. The zero-order valence-electron chi connectivity index (χ0n) is 11.2. The Balaban J connectivity index is 1.87. The van der Waals surface area contributed by atoms with Gasteiger partial charge in [-0.2, -0.15) is 0 Å². The standard InChI is InChI=1S/C13H21N3O2S/c1-11-5-8-15-13(10-11)16-19(17,18)9-6-12-4-2-3-7-14-12/h5,8,10,12,14H,2-4,6-7,9H2,1H3,(H,15,16). The van der Waals surface area contributed by atoms with Crippen LogP contribution in [-0.2, 0) is 10.0 Å². The second kappa shape index (κ2) is 6.34. The quantitative estimate of drug-likeness (QED) is 0.862. The fourth-order valence-electron chi connectivity index (χ4n) is 2.27. The fourth-order valence-corrected chi connectivity index (χ4v) is 3.40. The largest absolute Gasteiger partial charge is 0.314 e. The predicted octanol–water partition coefficient (Wildman–Crippen LogP) is 1.66. The molecule has 5 nitrogen and oxygen atoms in total. The second-order valence-electron chi connectivity index (χ2n) is 5.07. The molecule has 2 N–H and O–H groups in total. The van der Waals surface area contributed by atoms with E-state index < -0.39 is 10.0 Å². The summed E-state index contributed by atoms with van der Waals surface area (Å²) in [6.07, 6.45) is 5.70. The lowest BCUT2D eigenvalue weighted by Crippen LogP contribution is -2.36. The van der Waals surface area contributed by atoms with Crippen LogP contribution < -0.4 is 10.0 Å². The number of sulfonamides is 1. The molecule has 0 saturated carbocycles. The van der Waals surface area contributed by atoms with Gasteiger partial charge in [0, 0.05) is 12.2 Å². The summed E-state index contributed by atoms with van der Waals surface area (Å²) in [6, 6.07) is 3.90.